The smallest absolute Gasteiger partial charge is 0.303 e. The van der Waals surface area contributed by atoms with E-state index in [1.54, 1.807) is 14.0 Å². The Morgan fingerprint density at radius 2 is 1.74 bits per heavy atom. The summed E-state index contributed by atoms with van der Waals surface area (Å²) in [4.78, 5) is 34.0. The van der Waals surface area contributed by atoms with E-state index in [1.165, 1.54) is 0 Å². The van der Waals surface area contributed by atoms with E-state index in [2.05, 4.69) is 16.0 Å². The number of rotatable bonds is 12. The Kier molecular flexibility index (Phi) is 10.1. The van der Waals surface area contributed by atoms with Crippen molar-refractivity contribution in [3.05, 3.63) is 0 Å². The van der Waals surface area contributed by atoms with Crippen LogP contribution in [0.5, 0.6) is 0 Å². The summed E-state index contributed by atoms with van der Waals surface area (Å²) in [6, 6.07) is -0.987. The minimum atomic E-state index is -3.28. The molecule has 23 heavy (non-hydrogen) atoms. The zero-order valence-corrected chi connectivity index (χ0v) is 14.2. The maximum absolute atomic E-state index is 12.0. The number of aliphatic carboxylic acids is 1. The lowest BCUT2D eigenvalue weighted by molar-refractivity contribution is -0.138. The van der Waals surface area contributed by atoms with Crippen molar-refractivity contribution in [1.29, 1.82) is 0 Å². The molecule has 0 saturated carbocycles. The fourth-order valence-corrected chi connectivity index (χ4v) is 2.78. The predicted octanol–water partition coefficient (Wildman–Crippen LogP) is -1.50. The molecule has 1 atom stereocenters. The molecule has 0 aromatic carbocycles. The number of carbonyl (C=O) groups excluding carboxylic acids is 2. The second kappa shape index (κ2) is 10.9. The van der Waals surface area contributed by atoms with Gasteiger partial charge >= 0.3 is 5.97 Å². The molecular formula is C13H25N3O6S. The predicted molar refractivity (Wildman–Crippen MR) is 84.7 cm³/mol. The van der Waals surface area contributed by atoms with Crippen LogP contribution < -0.4 is 16.0 Å². The second-order valence-electron chi connectivity index (χ2n) is 4.95. The van der Waals surface area contributed by atoms with Crippen molar-refractivity contribution in [3.8, 4) is 0 Å². The summed E-state index contributed by atoms with van der Waals surface area (Å²) in [5.41, 5.74) is 0. The van der Waals surface area contributed by atoms with Gasteiger partial charge in [0.1, 0.15) is 6.04 Å². The lowest BCUT2D eigenvalue weighted by Crippen LogP contribution is -2.47. The van der Waals surface area contributed by atoms with Gasteiger partial charge in [0, 0.05) is 25.9 Å². The van der Waals surface area contributed by atoms with Gasteiger partial charge in [-0.25, -0.2) is 8.42 Å². The number of carboxylic acid groups (broad SMARTS) is 1. The number of nitrogens with one attached hydrogen (secondary N) is 3. The lowest BCUT2D eigenvalue weighted by atomic mass is 10.1. The minimum Gasteiger partial charge on any atom is -0.481 e. The molecule has 0 aliphatic carbocycles. The molecular weight excluding hydrogens is 326 g/mol. The van der Waals surface area contributed by atoms with E-state index in [4.69, 9.17) is 5.11 Å². The zero-order chi connectivity index (χ0) is 17.9. The third kappa shape index (κ3) is 10.6. The normalized spacial score (nSPS) is 12.4. The van der Waals surface area contributed by atoms with Crippen molar-refractivity contribution in [3.63, 3.8) is 0 Å². The number of amides is 2. The Morgan fingerprint density at radius 1 is 1.13 bits per heavy atom. The van der Waals surface area contributed by atoms with Crippen LogP contribution in [-0.2, 0) is 24.2 Å². The molecule has 0 bridgehead atoms. The van der Waals surface area contributed by atoms with Crippen molar-refractivity contribution in [1.82, 2.24) is 16.0 Å². The Bertz CT molecular complexity index is 506. The van der Waals surface area contributed by atoms with E-state index >= 15 is 0 Å². The molecule has 2 amide bonds. The summed E-state index contributed by atoms with van der Waals surface area (Å²) in [6.45, 7) is 1.84. The topological polar surface area (TPSA) is 142 Å². The first-order valence-corrected chi connectivity index (χ1v) is 9.17. The van der Waals surface area contributed by atoms with Crippen LogP contribution in [0.15, 0.2) is 0 Å². The standard InChI is InChI=1S/C13H25N3O6S/c1-3-11(17)16-10(4-5-12(18)19)13(20)15-7-9-23(21,22)8-6-14-2/h10,14H,3-9H2,1-2H3,(H,15,20)(H,16,17)(H,18,19)/t10-/m1/s1. The van der Waals surface area contributed by atoms with Crippen LogP contribution in [0.4, 0.5) is 0 Å². The maximum Gasteiger partial charge on any atom is 0.303 e. The van der Waals surface area contributed by atoms with E-state index in [-0.39, 0.29) is 43.2 Å². The summed E-state index contributed by atoms with van der Waals surface area (Å²) >= 11 is 0. The average Bonchev–Trinajstić information content (AvgIpc) is 2.48. The summed E-state index contributed by atoms with van der Waals surface area (Å²) in [5.74, 6) is -2.29. The van der Waals surface area contributed by atoms with Crippen molar-refractivity contribution < 1.29 is 27.9 Å². The third-order valence-electron chi connectivity index (χ3n) is 3.00. The third-order valence-corrected chi connectivity index (χ3v) is 4.65. The average molecular weight is 351 g/mol. The van der Waals surface area contributed by atoms with Gasteiger partial charge in [-0.1, -0.05) is 6.92 Å². The van der Waals surface area contributed by atoms with E-state index in [1.807, 2.05) is 0 Å². The van der Waals surface area contributed by atoms with Crippen LogP contribution >= 0.6 is 0 Å². The molecule has 0 aromatic heterocycles. The monoisotopic (exact) mass is 351 g/mol. The van der Waals surface area contributed by atoms with Crippen molar-refractivity contribution >= 4 is 27.6 Å². The Hall–Kier alpha value is -1.68. The molecule has 0 saturated heterocycles. The molecule has 0 radical (unpaired) electrons. The molecule has 134 valence electrons. The quantitative estimate of drug-likeness (QED) is 0.335. The Labute approximate surface area is 136 Å². The first kappa shape index (κ1) is 21.3. The van der Waals surface area contributed by atoms with Crippen LogP contribution in [0.1, 0.15) is 26.2 Å². The highest BCUT2D eigenvalue weighted by Gasteiger charge is 2.21. The molecule has 0 heterocycles. The van der Waals surface area contributed by atoms with Crippen LogP contribution in [0.2, 0.25) is 0 Å². The van der Waals surface area contributed by atoms with Crippen LogP contribution in [0.3, 0.4) is 0 Å². The Balaban J connectivity index is 4.46. The summed E-state index contributed by atoms with van der Waals surface area (Å²) < 4.78 is 23.3. The molecule has 0 aliphatic rings. The van der Waals surface area contributed by atoms with Crippen LogP contribution in [-0.4, -0.2) is 69.0 Å². The highest BCUT2D eigenvalue weighted by molar-refractivity contribution is 7.91. The molecule has 10 heteroatoms. The lowest BCUT2D eigenvalue weighted by Gasteiger charge is -2.17. The molecule has 9 nitrogen and oxygen atoms in total. The van der Waals surface area contributed by atoms with Crippen molar-refractivity contribution in [2.75, 3.05) is 31.6 Å². The molecule has 0 rings (SSSR count). The molecule has 0 spiro atoms. The molecule has 0 fully saturated rings. The largest absolute Gasteiger partial charge is 0.481 e. The van der Waals surface area contributed by atoms with Gasteiger partial charge in [0.15, 0.2) is 9.84 Å². The summed E-state index contributed by atoms with van der Waals surface area (Å²) in [6.07, 6.45) is -0.169. The number of hydrogen-bond donors (Lipinski definition) is 4. The van der Waals surface area contributed by atoms with Gasteiger partial charge in [0.2, 0.25) is 11.8 Å². The van der Waals surface area contributed by atoms with Crippen molar-refractivity contribution in [2.45, 2.75) is 32.2 Å². The molecule has 0 unspecified atom stereocenters. The highest BCUT2D eigenvalue weighted by Crippen LogP contribution is 1.99. The van der Waals surface area contributed by atoms with Crippen LogP contribution in [0.25, 0.3) is 0 Å². The number of carbonyl (C=O) groups is 3. The fraction of sp³-hybridized carbons (Fsp3) is 0.769. The summed E-state index contributed by atoms with van der Waals surface area (Å²) in [7, 11) is -1.64. The van der Waals surface area contributed by atoms with Gasteiger partial charge in [-0.2, -0.15) is 0 Å². The second-order valence-corrected chi connectivity index (χ2v) is 7.26. The SMILES string of the molecule is CCC(=O)N[C@H](CCC(=O)O)C(=O)NCCS(=O)(=O)CCNC. The van der Waals surface area contributed by atoms with E-state index in [0.717, 1.165) is 0 Å². The number of hydrogen-bond acceptors (Lipinski definition) is 6. The molecule has 0 aromatic rings. The van der Waals surface area contributed by atoms with Gasteiger partial charge in [0.05, 0.1) is 11.5 Å². The highest BCUT2D eigenvalue weighted by atomic mass is 32.2. The zero-order valence-electron chi connectivity index (χ0n) is 13.4. The van der Waals surface area contributed by atoms with Gasteiger partial charge in [-0.15, -0.1) is 0 Å². The van der Waals surface area contributed by atoms with Gasteiger partial charge in [0.25, 0.3) is 0 Å². The van der Waals surface area contributed by atoms with Crippen molar-refractivity contribution in [2.24, 2.45) is 0 Å². The van der Waals surface area contributed by atoms with Gasteiger partial charge < -0.3 is 21.1 Å². The fourth-order valence-electron chi connectivity index (χ4n) is 1.65. The first-order valence-electron chi connectivity index (χ1n) is 7.35. The van der Waals surface area contributed by atoms with Gasteiger partial charge in [-0.05, 0) is 13.5 Å². The summed E-state index contributed by atoms with van der Waals surface area (Å²) in [5, 5.41) is 16.3. The Morgan fingerprint density at radius 3 is 2.26 bits per heavy atom. The van der Waals surface area contributed by atoms with Crippen LogP contribution in [0, 0.1) is 0 Å². The first-order chi connectivity index (χ1) is 10.7. The minimum absolute atomic E-state index is 0.0333. The van der Waals surface area contributed by atoms with E-state index < -0.39 is 27.8 Å². The maximum atomic E-state index is 12.0. The van der Waals surface area contributed by atoms with E-state index in [0.29, 0.717) is 6.54 Å². The van der Waals surface area contributed by atoms with Gasteiger partial charge in [-0.3, -0.25) is 14.4 Å². The number of carboxylic acids is 1. The molecule has 0 aliphatic heterocycles. The van der Waals surface area contributed by atoms with E-state index in [9.17, 15) is 22.8 Å². The molecule has 4 N–H and O–H groups in total. The number of sulfone groups is 1.